The highest BCUT2D eigenvalue weighted by molar-refractivity contribution is 6.33. The van der Waals surface area contributed by atoms with Gasteiger partial charge in [0.05, 0.1) is 17.7 Å². The molecular weight excluding hydrogens is 316 g/mol. The largest absolute Gasteiger partial charge is 0.493 e. The molecule has 0 aromatic heterocycles. The van der Waals surface area contributed by atoms with E-state index in [1.165, 1.54) is 13.2 Å². The summed E-state index contributed by atoms with van der Waals surface area (Å²) in [7, 11) is 1.44. The first kappa shape index (κ1) is 16.8. The normalized spacial score (nSPS) is 10.0. The van der Waals surface area contributed by atoms with Crippen LogP contribution in [0.3, 0.4) is 0 Å². The molecule has 2 aromatic rings. The minimum Gasteiger partial charge on any atom is -0.493 e. The first-order valence-electron chi connectivity index (χ1n) is 6.84. The van der Waals surface area contributed by atoms with Gasteiger partial charge in [0.25, 0.3) is 0 Å². The van der Waals surface area contributed by atoms with E-state index in [0.29, 0.717) is 34.6 Å². The summed E-state index contributed by atoms with van der Waals surface area (Å²) in [6.45, 7) is 3.67. The minimum atomic E-state index is -0.599. The van der Waals surface area contributed by atoms with E-state index in [4.69, 9.17) is 21.1 Å². The summed E-state index contributed by atoms with van der Waals surface area (Å²) in [5.74, 6) is -0.0483. The summed E-state index contributed by atoms with van der Waals surface area (Å²) in [5, 5.41) is 0.297. The summed E-state index contributed by atoms with van der Waals surface area (Å²) >= 11 is 6.01. The molecule has 0 aliphatic rings. The van der Waals surface area contributed by atoms with Crippen molar-refractivity contribution in [3.05, 3.63) is 70.8 Å². The van der Waals surface area contributed by atoms with Gasteiger partial charge in [-0.1, -0.05) is 29.8 Å². The second-order valence-corrected chi connectivity index (χ2v) is 5.10. The summed E-state index contributed by atoms with van der Waals surface area (Å²) in [6, 6.07) is 9.74. The van der Waals surface area contributed by atoms with E-state index in [9.17, 15) is 9.59 Å². The van der Waals surface area contributed by atoms with Crippen LogP contribution in [0.2, 0.25) is 5.02 Å². The summed E-state index contributed by atoms with van der Waals surface area (Å²) in [5.41, 5.74) is 1.30. The van der Waals surface area contributed by atoms with Crippen molar-refractivity contribution in [2.75, 3.05) is 7.11 Å². The van der Waals surface area contributed by atoms with Crippen LogP contribution in [0.4, 0.5) is 0 Å². The number of hydrogen-bond acceptors (Lipinski definition) is 4. The van der Waals surface area contributed by atoms with Crippen molar-refractivity contribution >= 4 is 23.9 Å². The van der Waals surface area contributed by atoms with Gasteiger partial charge in [-0.25, -0.2) is 4.79 Å². The number of esters is 1. The Hall–Kier alpha value is -2.59. The Morgan fingerprint density at radius 3 is 2.65 bits per heavy atom. The zero-order valence-electron chi connectivity index (χ0n) is 12.5. The molecule has 0 spiro atoms. The van der Waals surface area contributed by atoms with Gasteiger partial charge in [0.1, 0.15) is 6.29 Å². The van der Waals surface area contributed by atoms with Crippen molar-refractivity contribution in [1.29, 1.82) is 0 Å². The molecule has 4 nitrogen and oxygen atoms in total. The number of halogens is 1. The van der Waals surface area contributed by atoms with Crippen LogP contribution < -0.4 is 9.47 Å². The van der Waals surface area contributed by atoms with Crippen LogP contribution in [0.15, 0.2) is 49.1 Å². The van der Waals surface area contributed by atoms with Crippen molar-refractivity contribution in [1.82, 2.24) is 0 Å². The molecule has 0 aliphatic heterocycles. The fourth-order valence-corrected chi connectivity index (χ4v) is 2.31. The van der Waals surface area contributed by atoms with Crippen molar-refractivity contribution in [3.63, 3.8) is 0 Å². The Labute approximate surface area is 139 Å². The van der Waals surface area contributed by atoms with Gasteiger partial charge in [0, 0.05) is 11.1 Å². The lowest BCUT2D eigenvalue weighted by Crippen LogP contribution is -2.11. The average Bonchev–Trinajstić information content (AvgIpc) is 2.56. The number of carbonyl (C=O) groups is 2. The molecule has 0 saturated carbocycles. The van der Waals surface area contributed by atoms with E-state index in [0.717, 1.165) is 0 Å². The lowest BCUT2D eigenvalue weighted by Gasteiger charge is -2.14. The number of hydrogen-bond donors (Lipinski definition) is 0. The molecule has 0 amide bonds. The predicted octanol–water partition coefficient (Wildman–Crippen LogP) is 4.11. The molecule has 0 fully saturated rings. The second-order valence-electron chi connectivity index (χ2n) is 4.69. The monoisotopic (exact) mass is 330 g/mol. The third kappa shape index (κ3) is 3.79. The van der Waals surface area contributed by atoms with Gasteiger partial charge in [-0.2, -0.15) is 0 Å². The van der Waals surface area contributed by atoms with Gasteiger partial charge < -0.3 is 9.47 Å². The van der Waals surface area contributed by atoms with Crippen LogP contribution >= 0.6 is 11.6 Å². The molecule has 23 heavy (non-hydrogen) atoms. The quantitative estimate of drug-likeness (QED) is 0.346. The van der Waals surface area contributed by atoms with Gasteiger partial charge in [0.2, 0.25) is 0 Å². The molecule has 0 atom stereocenters. The maximum Gasteiger partial charge on any atom is 0.345 e. The van der Waals surface area contributed by atoms with E-state index in [2.05, 4.69) is 6.58 Å². The highest BCUT2D eigenvalue weighted by Crippen LogP contribution is 2.34. The first-order chi connectivity index (χ1) is 11.1. The lowest BCUT2D eigenvalue weighted by atomic mass is 10.1. The topological polar surface area (TPSA) is 52.6 Å². The van der Waals surface area contributed by atoms with Gasteiger partial charge in [-0.15, -0.1) is 6.58 Å². The Balaban J connectivity index is 2.45. The lowest BCUT2D eigenvalue weighted by molar-refractivity contribution is 0.0728. The summed E-state index contributed by atoms with van der Waals surface area (Å²) in [4.78, 5) is 23.4. The Morgan fingerprint density at radius 1 is 1.30 bits per heavy atom. The van der Waals surface area contributed by atoms with Gasteiger partial charge in [-0.05, 0) is 30.7 Å². The molecule has 0 bridgehead atoms. The van der Waals surface area contributed by atoms with Crippen LogP contribution in [0, 0.1) is 0 Å². The molecule has 0 N–H and O–H groups in total. The average molecular weight is 331 g/mol. The zero-order chi connectivity index (χ0) is 16.8. The van der Waals surface area contributed by atoms with Gasteiger partial charge in [0.15, 0.2) is 11.5 Å². The molecule has 2 aromatic carbocycles. The Kier molecular flexibility index (Phi) is 5.55. The molecule has 0 aliphatic carbocycles. The van der Waals surface area contributed by atoms with E-state index in [-0.39, 0.29) is 11.3 Å². The van der Waals surface area contributed by atoms with E-state index in [1.54, 1.807) is 36.4 Å². The molecule has 0 radical (unpaired) electrons. The zero-order valence-corrected chi connectivity index (χ0v) is 13.3. The minimum absolute atomic E-state index is 0.250. The van der Waals surface area contributed by atoms with Crippen molar-refractivity contribution in [2.45, 2.75) is 6.42 Å². The third-order valence-corrected chi connectivity index (χ3v) is 3.49. The van der Waals surface area contributed by atoms with Crippen LogP contribution in [0.5, 0.6) is 11.5 Å². The fourth-order valence-electron chi connectivity index (χ4n) is 2.10. The Morgan fingerprint density at radius 2 is 2.04 bits per heavy atom. The first-order valence-corrected chi connectivity index (χ1v) is 7.22. The van der Waals surface area contributed by atoms with Crippen LogP contribution in [0.1, 0.15) is 26.3 Å². The van der Waals surface area contributed by atoms with Crippen molar-refractivity contribution in [3.8, 4) is 11.5 Å². The van der Waals surface area contributed by atoms with Crippen LogP contribution in [-0.4, -0.2) is 19.4 Å². The molecule has 5 heteroatoms. The summed E-state index contributed by atoms with van der Waals surface area (Å²) in [6.07, 6.45) is 2.77. The van der Waals surface area contributed by atoms with Crippen LogP contribution in [-0.2, 0) is 6.42 Å². The van der Waals surface area contributed by atoms with Crippen molar-refractivity contribution < 1.29 is 19.1 Å². The smallest absolute Gasteiger partial charge is 0.345 e. The number of methoxy groups -OCH3 is 1. The second kappa shape index (κ2) is 7.61. The van der Waals surface area contributed by atoms with Crippen molar-refractivity contribution in [2.24, 2.45) is 0 Å². The molecule has 0 unspecified atom stereocenters. The summed E-state index contributed by atoms with van der Waals surface area (Å²) < 4.78 is 10.7. The van der Waals surface area contributed by atoms with Gasteiger partial charge >= 0.3 is 5.97 Å². The number of allylic oxidation sites excluding steroid dienone is 1. The number of rotatable bonds is 6. The SMILES string of the molecule is C=CCc1cc(C=O)cc(OC)c1OC(=O)c1ccccc1Cl. The highest BCUT2D eigenvalue weighted by atomic mass is 35.5. The van der Waals surface area contributed by atoms with Gasteiger partial charge in [-0.3, -0.25) is 4.79 Å². The molecule has 2 rings (SSSR count). The maximum atomic E-state index is 12.4. The standard InChI is InChI=1S/C18H15ClO4/c1-3-6-13-9-12(11-20)10-16(22-2)17(13)23-18(21)14-7-4-5-8-15(14)19/h3-5,7-11H,1,6H2,2H3. The van der Waals surface area contributed by atoms with E-state index >= 15 is 0 Å². The Bertz CT molecular complexity index is 753. The van der Waals surface area contributed by atoms with Crippen LogP contribution in [0.25, 0.3) is 0 Å². The predicted molar refractivity (Wildman–Crippen MR) is 88.7 cm³/mol. The molecule has 118 valence electrons. The molecule has 0 saturated heterocycles. The number of carbonyl (C=O) groups excluding carboxylic acids is 2. The maximum absolute atomic E-state index is 12.4. The fraction of sp³-hybridized carbons (Fsp3) is 0.111. The molecular formula is C18H15ClO4. The number of ether oxygens (including phenoxy) is 2. The molecule has 0 heterocycles. The van der Waals surface area contributed by atoms with E-state index in [1.807, 2.05) is 0 Å². The third-order valence-electron chi connectivity index (χ3n) is 3.16. The number of benzene rings is 2. The highest BCUT2D eigenvalue weighted by Gasteiger charge is 2.19. The number of aldehydes is 1. The van der Waals surface area contributed by atoms with E-state index < -0.39 is 5.97 Å².